The molecule has 33 heavy (non-hydrogen) atoms. The summed E-state index contributed by atoms with van der Waals surface area (Å²) in [5.74, 6) is 1.17. The topological polar surface area (TPSA) is 94.3 Å². The smallest absolute Gasteiger partial charge is 0.269 e. The lowest BCUT2D eigenvalue weighted by molar-refractivity contribution is -0.384. The van der Waals surface area contributed by atoms with Crippen molar-refractivity contribution in [1.29, 1.82) is 0 Å². The number of likely N-dealkylation sites (tertiary alicyclic amines) is 1. The molecule has 2 aliphatic heterocycles. The molecule has 2 heterocycles. The Kier molecular flexibility index (Phi) is 9.72. The predicted octanol–water partition coefficient (Wildman–Crippen LogP) is 2.84. The van der Waals surface area contributed by atoms with Crippen LogP contribution in [0.25, 0.3) is 0 Å². The van der Waals surface area contributed by atoms with Gasteiger partial charge >= 0.3 is 0 Å². The summed E-state index contributed by atoms with van der Waals surface area (Å²) >= 11 is 0. The van der Waals surface area contributed by atoms with Crippen LogP contribution in [0.2, 0.25) is 0 Å². The van der Waals surface area contributed by atoms with E-state index >= 15 is 0 Å². The standard InChI is InChI=1S/C23H34N6O3.HI/c30-22(27-11-3-4-12-27)18-26-13-15-28(16-14-26)23(25-20-5-1-2-6-20)24-17-19-7-9-21(10-8-19)29(31)32;/h7-10,20H,1-6,11-18H2,(H,24,25);1H. The fourth-order valence-electron chi connectivity index (χ4n) is 4.75. The Bertz CT molecular complexity index is 814. The average molecular weight is 570 g/mol. The molecule has 3 aliphatic rings. The fraction of sp³-hybridized carbons (Fsp3) is 0.652. The van der Waals surface area contributed by atoms with Gasteiger partial charge in [-0.05, 0) is 31.2 Å². The van der Waals surface area contributed by atoms with Crippen LogP contribution in [0.5, 0.6) is 0 Å². The number of piperazine rings is 1. The van der Waals surface area contributed by atoms with Gasteiger partial charge in [0.25, 0.3) is 5.69 Å². The number of carbonyl (C=O) groups excluding carboxylic acids is 1. The van der Waals surface area contributed by atoms with Crippen molar-refractivity contribution in [2.24, 2.45) is 4.99 Å². The normalized spacial score (nSPS) is 20.1. The van der Waals surface area contributed by atoms with Gasteiger partial charge in [-0.25, -0.2) is 4.99 Å². The number of nitro groups is 1. The molecule has 0 radical (unpaired) electrons. The van der Waals surface area contributed by atoms with Gasteiger partial charge < -0.3 is 15.1 Å². The first kappa shape index (κ1) is 25.7. The quantitative estimate of drug-likeness (QED) is 0.186. The minimum Gasteiger partial charge on any atom is -0.353 e. The van der Waals surface area contributed by atoms with Crippen LogP contribution in [0.4, 0.5) is 5.69 Å². The number of hydrogen-bond donors (Lipinski definition) is 1. The summed E-state index contributed by atoms with van der Waals surface area (Å²) in [6.45, 7) is 6.19. The van der Waals surface area contributed by atoms with Crippen LogP contribution in [0.3, 0.4) is 0 Å². The van der Waals surface area contributed by atoms with Crippen molar-refractivity contribution in [1.82, 2.24) is 20.0 Å². The number of nitrogens with one attached hydrogen (secondary N) is 1. The number of benzene rings is 1. The Morgan fingerprint density at radius 3 is 2.21 bits per heavy atom. The van der Waals surface area contributed by atoms with E-state index in [0.29, 0.717) is 19.1 Å². The van der Waals surface area contributed by atoms with E-state index in [4.69, 9.17) is 4.99 Å². The molecule has 4 rings (SSSR count). The van der Waals surface area contributed by atoms with Crippen molar-refractivity contribution in [2.75, 3.05) is 45.8 Å². The van der Waals surface area contributed by atoms with E-state index < -0.39 is 0 Å². The van der Waals surface area contributed by atoms with Crippen molar-refractivity contribution >= 4 is 41.5 Å². The summed E-state index contributed by atoms with van der Waals surface area (Å²) in [6, 6.07) is 7.07. The third-order valence-electron chi connectivity index (χ3n) is 6.74. The lowest BCUT2D eigenvalue weighted by Gasteiger charge is -2.37. The monoisotopic (exact) mass is 570 g/mol. The number of non-ortho nitro benzene ring substituents is 1. The van der Waals surface area contributed by atoms with Gasteiger partial charge in [-0.2, -0.15) is 0 Å². The molecule has 1 aliphatic carbocycles. The Balaban J connectivity index is 0.00000306. The molecular formula is C23H35IN6O3. The van der Waals surface area contributed by atoms with Crippen molar-refractivity contribution < 1.29 is 9.72 Å². The van der Waals surface area contributed by atoms with Crippen LogP contribution >= 0.6 is 24.0 Å². The lowest BCUT2D eigenvalue weighted by atomic mass is 10.2. The molecule has 1 N–H and O–H groups in total. The zero-order valence-electron chi connectivity index (χ0n) is 19.2. The van der Waals surface area contributed by atoms with Gasteiger partial charge in [0.15, 0.2) is 5.96 Å². The Morgan fingerprint density at radius 1 is 0.970 bits per heavy atom. The summed E-state index contributed by atoms with van der Waals surface area (Å²) in [4.78, 5) is 34.4. The van der Waals surface area contributed by atoms with Crippen LogP contribution in [0.15, 0.2) is 29.3 Å². The Hall–Kier alpha value is -1.95. The molecule has 1 aromatic carbocycles. The molecule has 0 bridgehead atoms. The highest BCUT2D eigenvalue weighted by atomic mass is 127. The molecule has 10 heteroatoms. The van der Waals surface area contributed by atoms with Crippen LogP contribution in [-0.4, -0.2) is 83.3 Å². The number of guanidine groups is 1. The molecule has 0 spiro atoms. The second-order valence-corrected chi connectivity index (χ2v) is 9.04. The van der Waals surface area contributed by atoms with Crippen LogP contribution in [0.1, 0.15) is 44.1 Å². The van der Waals surface area contributed by atoms with Gasteiger partial charge in [0.2, 0.25) is 5.91 Å². The van der Waals surface area contributed by atoms with Crippen molar-refractivity contribution in [3.63, 3.8) is 0 Å². The van der Waals surface area contributed by atoms with E-state index in [1.54, 1.807) is 12.1 Å². The zero-order chi connectivity index (χ0) is 22.3. The van der Waals surface area contributed by atoms with Crippen LogP contribution in [0, 0.1) is 10.1 Å². The number of nitro benzene ring substituents is 1. The molecule has 2 saturated heterocycles. The van der Waals surface area contributed by atoms with Crippen molar-refractivity contribution in [3.8, 4) is 0 Å². The number of nitrogens with zero attached hydrogens (tertiary/aromatic N) is 5. The van der Waals surface area contributed by atoms with E-state index in [2.05, 4.69) is 15.1 Å². The minimum absolute atomic E-state index is 0. The highest BCUT2D eigenvalue weighted by molar-refractivity contribution is 14.0. The van der Waals surface area contributed by atoms with Gasteiger partial charge in [0, 0.05) is 57.4 Å². The first-order chi connectivity index (χ1) is 15.6. The van der Waals surface area contributed by atoms with Crippen molar-refractivity contribution in [3.05, 3.63) is 39.9 Å². The van der Waals surface area contributed by atoms with Gasteiger partial charge in [-0.15, -0.1) is 24.0 Å². The molecule has 0 atom stereocenters. The minimum atomic E-state index is -0.381. The number of rotatable bonds is 6. The number of amides is 1. The summed E-state index contributed by atoms with van der Waals surface area (Å²) < 4.78 is 0. The van der Waals surface area contributed by atoms with Gasteiger partial charge in [-0.1, -0.05) is 25.0 Å². The van der Waals surface area contributed by atoms with E-state index in [9.17, 15) is 14.9 Å². The first-order valence-corrected chi connectivity index (χ1v) is 11.9. The molecule has 3 fully saturated rings. The second-order valence-electron chi connectivity index (χ2n) is 9.04. The molecule has 1 saturated carbocycles. The third kappa shape index (κ3) is 7.26. The number of aliphatic imine (C=N–C) groups is 1. The molecule has 0 aromatic heterocycles. The van der Waals surface area contributed by atoms with Gasteiger partial charge in [0.1, 0.15) is 0 Å². The first-order valence-electron chi connectivity index (χ1n) is 11.9. The maximum absolute atomic E-state index is 12.5. The number of halogens is 1. The fourth-order valence-corrected chi connectivity index (χ4v) is 4.75. The molecule has 1 aromatic rings. The van der Waals surface area contributed by atoms with Gasteiger partial charge in [0.05, 0.1) is 18.0 Å². The summed E-state index contributed by atoms with van der Waals surface area (Å²) in [6.07, 6.45) is 7.09. The second kappa shape index (κ2) is 12.5. The lowest BCUT2D eigenvalue weighted by Crippen LogP contribution is -2.55. The maximum atomic E-state index is 12.5. The summed E-state index contributed by atoms with van der Waals surface area (Å²) in [5.41, 5.74) is 1.05. The number of hydrogen-bond acceptors (Lipinski definition) is 5. The van der Waals surface area contributed by atoms with E-state index in [1.165, 1.54) is 37.8 Å². The maximum Gasteiger partial charge on any atom is 0.269 e. The summed E-state index contributed by atoms with van der Waals surface area (Å²) in [7, 11) is 0. The molecule has 9 nitrogen and oxygen atoms in total. The third-order valence-corrected chi connectivity index (χ3v) is 6.74. The van der Waals surface area contributed by atoms with E-state index in [0.717, 1.165) is 63.6 Å². The molecule has 1 amide bonds. The predicted molar refractivity (Wildman–Crippen MR) is 139 cm³/mol. The van der Waals surface area contributed by atoms with Crippen molar-refractivity contribution in [2.45, 2.75) is 51.1 Å². The molecule has 0 unspecified atom stereocenters. The molecule has 182 valence electrons. The Morgan fingerprint density at radius 2 is 1.61 bits per heavy atom. The van der Waals surface area contributed by atoms with E-state index in [-0.39, 0.29) is 40.5 Å². The highest BCUT2D eigenvalue weighted by Crippen LogP contribution is 2.19. The highest BCUT2D eigenvalue weighted by Gasteiger charge is 2.26. The summed E-state index contributed by atoms with van der Waals surface area (Å²) in [5, 5.41) is 14.5. The average Bonchev–Trinajstić information content (AvgIpc) is 3.52. The number of carbonyl (C=O) groups is 1. The SMILES string of the molecule is I.O=C(CN1CCN(C(=NCc2ccc([N+](=O)[O-])cc2)NC2CCCC2)CC1)N1CCCC1. The van der Waals surface area contributed by atoms with Gasteiger partial charge in [-0.3, -0.25) is 19.8 Å². The largest absolute Gasteiger partial charge is 0.353 e. The van der Waals surface area contributed by atoms with E-state index in [1.807, 2.05) is 4.90 Å². The van der Waals surface area contributed by atoms with Crippen LogP contribution in [-0.2, 0) is 11.3 Å². The van der Waals surface area contributed by atoms with Crippen LogP contribution < -0.4 is 5.32 Å². The zero-order valence-corrected chi connectivity index (χ0v) is 21.5. The Labute approximate surface area is 212 Å². The molecular weight excluding hydrogens is 535 g/mol.